The molecule has 0 amide bonds. The quantitative estimate of drug-likeness (QED) is 0.655. The highest BCUT2D eigenvalue weighted by Crippen LogP contribution is 2.33. The Balaban J connectivity index is 2.53. The molecule has 96 valence electrons. The van der Waals surface area contributed by atoms with Gasteiger partial charge in [0.15, 0.2) is 0 Å². The first kappa shape index (κ1) is 12.7. The number of fused-ring (bicyclic) bond motifs is 1. The number of aliphatic hydroxyl groups is 1. The van der Waals surface area contributed by atoms with E-state index in [0.29, 0.717) is 5.69 Å². The van der Waals surface area contributed by atoms with Gasteiger partial charge in [0, 0.05) is 12.1 Å². The van der Waals surface area contributed by atoms with Crippen molar-refractivity contribution in [2.75, 3.05) is 11.9 Å². The van der Waals surface area contributed by atoms with Crippen LogP contribution in [0.3, 0.4) is 0 Å². The SMILES string of the molecule is Cc1nc2cc(NC(C)CO)c([N+](=O)[O-])cc2s1. The molecule has 1 aromatic carbocycles. The van der Waals surface area contributed by atoms with Crippen molar-refractivity contribution in [1.82, 2.24) is 4.98 Å². The molecule has 1 aromatic heterocycles. The molecule has 0 radical (unpaired) electrons. The summed E-state index contributed by atoms with van der Waals surface area (Å²) in [6, 6.07) is 2.93. The molecule has 0 aliphatic heterocycles. The fraction of sp³-hybridized carbons (Fsp3) is 0.364. The van der Waals surface area contributed by atoms with Gasteiger partial charge in [-0.05, 0) is 19.9 Å². The highest BCUT2D eigenvalue weighted by Gasteiger charge is 2.18. The molecule has 1 atom stereocenters. The lowest BCUT2D eigenvalue weighted by molar-refractivity contribution is -0.383. The molecule has 0 aliphatic rings. The van der Waals surface area contributed by atoms with Crippen LogP contribution in [0, 0.1) is 17.0 Å². The Kier molecular flexibility index (Phi) is 3.44. The molecule has 0 saturated heterocycles. The maximum absolute atomic E-state index is 11.0. The van der Waals surface area contributed by atoms with Gasteiger partial charge in [-0.25, -0.2) is 4.98 Å². The number of thiazole rings is 1. The summed E-state index contributed by atoms with van der Waals surface area (Å²) in [5.41, 5.74) is 1.13. The van der Waals surface area contributed by atoms with E-state index in [0.717, 1.165) is 15.2 Å². The van der Waals surface area contributed by atoms with E-state index in [4.69, 9.17) is 5.11 Å². The van der Waals surface area contributed by atoms with Crippen molar-refractivity contribution >= 4 is 32.9 Å². The van der Waals surface area contributed by atoms with Gasteiger partial charge in [0.2, 0.25) is 0 Å². The molecule has 0 fully saturated rings. The lowest BCUT2D eigenvalue weighted by atomic mass is 10.2. The van der Waals surface area contributed by atoms with E-state index in [9.17, 15) is 10.1 Å². The van der Waals surface area contributed by atoms with Crippen LogP contribution in [0.1, 0.15) is 11.9 Å². The molecule has 0 saturated carbocycles. The predicted molar refractivity (Wildman–Crippen MR) is 71.2 cm³/mol. The van der Waals surface area contributed by atoms with Crippen molar-refractivity contribution in [3.8, 4) is 0 Å². The van der Waals surface area contributed by atoms with Crippen LogP contribution in [0.4, 0.5) is 11.4 Å². The van der Waals surface area contributed by atoms with Gasteiger partial charge in [-0.3, -0.25) is 10.1 Å². The van der Waals surface area contributed by atoms with Crippen LogP contribution < -0.4 is 5.32 Å². The third-order valence-corrected chi connectivity index (χ3v) is 3.42. The highest BCUT2D eigenvalue weighted by atomic mass is 32.1. The average Bonchev–Trinajstić information content (AvgIpc) is 2.66. The number of anilines is 1. The minimum atomic E-state index is -0.430. The summed E-state index contributed by atoms with van der Waals surface area (Å²) in [5, 5.41) is 23.8. The molecule has 1 unspecified atom stereocenters. The standard InChI is InChI=1S/C11H13N3O3S/c1-6(5-15)12-8-3-9-11(18-7(2)13-9)4-10(8)14(16)17/h3-4,6,12,15H,5H2,1-2H3. The van der Waals surface area contributed by atoms with Gasteiger partial charge in [0.05, 0.1) is 26.8 Å². The fourth-order valence-corrected chi connectivity index (χ4v) is 2.50. The van der Waals surface area contributed by atoms with E-state index in [1.54, 1.807) is 13.0 Å². The number of nitro benzene ring substituents is 1. The zero-order valence-corrected chi connectivity index (χ0v) is 10.8. The number of hydrogen-bond acceptors (Lipinski definition) is 6. The number of benzene rings is 1. The first-order chi connectivity index (χ1) is 8.51. The number of aliphatic hydroxyl groups excluding tert-OH is 1. The lowest BCUT2D eigenvalue weighted by Crippen LogP contribution is -2.19. The van der Waals surface area contributed by atoms with E-state index >= 15 is 0 Å². The van der Waals surface area contributed by atoms with E-state index in [1.165, 1.54) is 17.4 Å². The zero-order valence-electron chi connectivity index (χ0n) is 10.0. The van der Waals surface area contributed by atoms with Crippen LogP contribution in [0.2, 0.25) is 0 Å². The number of hydrogen-bond donors (Lipinski definition) is 2. The average molecular weight is 267 g/mol. The summed E-state index contributed by atoms with van der Waals surface area (Å²) < 4.78 is 0.793. The molecule has 7 heteroatoms. The Hall–Kier alpha value is -1.73. The number of nitrogens with one attached hydrogen (secondary N) is 1. The minimum absolute atomic E-state index is 0.00597. The van der Waals surface area contributed by atoms with Crippen LogP contribution in [0.25, 0.3) is 10.2 Å². The molecule has 6 nitrogen and oxygen atoms in total. The summed E-state index contributed by atoms with van der Waals surface area (Å²) in [6.07, 6.45) is 0. The summed E-state index contributed by atoms with van der Waals surface area (Å²) in [5.74, 6) is 0. The van der Waals surface area contributed by atoms with Gasteiger partial charge in [-0.2, -0.15) is 0 Å². The third kappa shape index (κ3) is 2.41. The van der Waals surface area contributed by atoms with Crippen LogP contribution in [-0.2, 0) is 0 Å². The second kappa shape index (κ2) is 4.87. The summed E-state index contributed by atoms with van der Waals surface area (Å²) in [4.78, 5) is 14.9. The van der Waals surface area contributed by atoms with Crippen LogP contribution >= 0.6 is 11.3 Å². The van der Waals surface area contributed by atoms with Crippen LogP contribution in [0.15, 0.2) is 12.1 Å². The van der Waals surface area contributed by atoms with Crippen LogP contribution in [0.5, 0.6) is 0 Å². The molecular formula is C11H13N3O3S. The van der Waals surface area contributed by atoms with Crippen molar-refractivity contribution in [2.24, 2.45) is 0 Å². The van der Waals surface area contributed by atoms with Gasteiger partial charge in [0.1, 0.15) is 5.69 Å². The maximum Gasteiger partial charge on any atom is 0.293 e. The molecule has 0 aliphatic carbocycles. The predicted octanol–water partition coefficient (Wildman–Crippen LogP) is 2.31. The first-order valence-corrected chi connectivity index (χ1v) is 6.26. The Morgan fingerprint density at radius 2 is 2.33 bits per heavy atom. The molecule has 2 N–H and O–H groups in total. The maximum atomic E-state index is 11.0. The Morgan fingerprint density at radius 1 is 1.61 bits per heavy atom. The van der Waals surface area contributed by atoms with Gasteiger partial charge >= 0.3 is 0 Å². The van der Waals surface area contributed by atoms with E-state index < -0.39 is 4.92 Å². The molecule has 18 heavy (non-hydrogen) atoms. The van der Waals surface area contributed by atoms with Crippen molar-refractivity contribution in [2.45, 2.75) is 19.9 Å². The van der Waals surface area contributed by atoms with Crippen LogP contribution in [-0.4, -0.2) is 27.7 Å². The molecule has 0 spiro atoms. The monoisotopic (exact) mass is 267 g/mol. The van der Waals surface area contributed by atoms with E-state index in [1.807, 2.05) is 6.92 Å². The van der Waals surface area contributed by atoms with Gasteiger partial charge < -0.3 is 10.4 Å². The molecular weight excluding hydrogens is 254 g/mol. The second-order valence-electron chi connectivity index (χ2n) is 4.06. The Labute approximate surface area is 107 Å². The smallest absolute Gasteiger partial charge is 0.293 e. The van der Waals surface area contributed by atoms with Gasteiger partial charge in [-0.1, -0.05) is 0 Å². The Morgan fingerprint density at radius 3 is 2.94 bits per heavy atom. The van der Waals surface area contributed by atoms with Crippen molar-refractivity contribution < 1.29 is 10.0 Å². The topological polar surface area (TPSA) is 88.3 Å². The highest BCUT2D eigenvalue weighted by molar-refractivity contribution is 7.18. The van der Waals surface area contributed by atoms with E-state index in [-0.39, 0.29) is 18.3 Å². The van der Waals surface area contributed by atoms with Gasteiger partial charge in [0.25, 0.3) is 5.69 Å². The molecule has 0 bridgehead atoms. The number of nitrogens with zero attached hydrogens (tertiary/aromatic N) is 2. The minimum Gasteiger partial charge on any atom is -0.394 e. The van der Waals surface area contributed by atoms with Crippen molar-refractivity contribution in [3.05, 3.63) is 27.3 Å². The fourth-order valence-electron chi connectivity index (χ4n) is 1.66. The number of aromatic nitrogens is 1. The summed E-state index contributed by atoms with van der Waals surface area (Å²) >= 11 is 1.42. The lowest BCUT2D eigenvalue weighted by Gasteiger charge is -2.12. The molecule has 1 heterocycles. The number of rotatable bonds is 4. The third-order valence-electron chi connectivity index (χ3n) is 2.49. The van der Waals surface area contributed by atoms with Crippen molar-refractivity contribution in [1.29, 1.82) is 0 Å². The molecule has 2 aromatic rings. The summed E-state index contributed by atoms with van der Waals surface area (Å²) in [7, 11) is 0. The normalized spacial score (nSPS) is 12.6. The largest absolute Gasteiger partial charge is 0.394 e. The number of aryl methyl sites for hydroxylation is 1. The summed E-state index contributed by atoms with van der Waals surface area (Å²) in [6.45, 7) is 3.52. The zero-order chi connectivity index (χ0) is 13.3. The number of nitro groups is 1. The van der Waals surface area contributed by atoms with E-state index in [2.05, 4.69) is 10.3 Å². The van der Waals surface area contributed by atoms with Gasteiger partial charge in [-0.15, -0.1) is 11.3 Å². The van der Waals surface area contributed by atoms with Crippen molar-refractivity contribution in [3.63, 3.8) is 0 Å². The molecule has 2 rings (SSSR count). The second-order valence-corrected chi connectivity index (χ2v) is 5.29. The first-order valence-electron chi connectivity index (χ1n) is 5.44. The Bertz CT molecular complexity index is 596.